The van der Waals surface area contributed by atoms with Crippen molar-refractivity contribution in [2.75, 3.05) is 18.4 Å². The fourth-order valence-corrected chi connectivity index (χ4v) is 3.06. The highest BCUT2D eigenvalue weighted by Crippen LogP contribution is 2.18. The molecular weight excluding hydrogens is 286 g/mol. The van der Waals surface area contributed by atoms with Gasteiger partial charge in [0.15, 0.2) is 0 Å². The maximum absolute atomic E-state index is 9.64. The molecule has 4 heteroatoms. The smallest absolute Gasteiger partial charge is 0.0564 e. The largest absolute Gasteiger partial charge is 0.393 e. The van der Waals surface area contributed by atoms with Crippen molar-refractivity contribution in [1.29, 1.82) is 0 Å². The zero-order valence-electron chi connectivity index (χ0n) is 13.7. The lowest BCUT2D eigenvalue weighted by Crippen LogP contribution is -2.35. The minimum absolute atomic E-state index is 0.113. The van der Waals surface area contributed by atoms with E-state index in [2.05, 4.69) is 45.5 Å². The predicted molar refractivity (Wildman–Crippen MR) is 93.3 cm³/mol. The van der Waals surface area contributed by atoms with Crippen LogP contribution in [0.3, 0.4) is 0 Å². The fraction of sp³-hybridized carbons (Fsp3) is 0.421. The lowest BCUT2D eigenvalue weighted by atomic mass is 10.0. The molecule has 1 aliphatic rings. The number of nitrogens with zero attached hydrogens (tertiary/aromatic N) is 2. The molecule has 1 fully saturated rings. The van der Waals surface area contributed by atoms with E-state index in [0.717, 1.165) is 50.4 Å². The van der Waals surface area contributed by atoms with Crippen LogP contribution >= 0.6 is 0 Å². The van der Waals surface area contributed by atoms with Crippen molar-refractivity contribution in [2.24, 2.45) is 0 Å². The molecule has 0 aliphatic carbocycles. The number of hydrogen-bond donors (Lipinski definition) is 2. The normalized spacial score (nSPS) is 16.4. The first kappa shape index (κ1) is 16.0. The first-order valence-corrected chi connectivity index (χ1v) is 8.34. The Balaban J connectivity index is 1.63. The topological polar surface area (TPSA) is 48.4 Å². The molecule has 2 N–H and O–H groups in total. The van der Waals surface area contributed by atoms with E-state index in [4.69, 9.17) is 0 Å². The van der Waals surface area contributed by atoms with E-state index in [0.29, 0.717) is 0 Å². The second kappa shape index (κ2) is 7.57. The number of hydrogen-bond acceptors (Lipinski definition) is 4. The lowest BCUT2D eigenvalue weighted by Gasteiger charge is -2.30. The molecule has 122 valence electrons. The SMILES string of the molecule is Cc1cc(NCc2ccccc2CN2CCC(O)CC2)ccn1. The van der Waals surface area contributed by atoms with Gasteiger partial charge >= 0.3 is 0 Å². The van der Waals surface area contributed by atoms with Crippen molar-refractivity contribution >= 4 is 5.69 Å². The van der Waals surface area contributed by atoms with Crippen LogP contribution in [0.4, 0.5) is 5.69 Å². The molecule has 1 saturated heterocycles. The van der Waals surface area contributed by atoms with Crippen molar-refractivity contribution in [3.05, 3.63) is 59.4 Å². The quantitative estimate of drug-likeness (QED) is 0.891. The zero-order chi connectivity index (χ0) is 16.1. The van der Waals surface area contributed by atoms with Gasteiger partial charge in [-0.2, -0.15) is 0 Å². The first-order valence-electron chi connectivity index (χ1n) is 8.34. The molecule has 2 heterocycles. The standard InChI is InChI=1S/C19H25N3O/c1-15-12-18(6-9-20-15)21-13-16-4-2-3-5-17(16)14-22-10-7-19(23)8-11-22/h2-6,9,12,19,23H,7-8,10-11,13-14H2,1H3,(H,20,21). The Morgan fingerprint density at radius 1 is 1.17 bits per heavy atom. The summed E-state index contributed by atoms with van der Waals surface area (Å²) in [6.45, 7) is 5.74. The van der Waals surface area contributed by atoms with Crippen LogP contribution in [0.25, 0.3) is 0 Å². The highest BCUT2D eigenvalue weighted by molar-refractivity contribution is 5.44. The van der Waals surface area contributed by atoms with E-state index in [-0.39, 0.29) is 6.10 Å². The van der Waals surface area contributed by atoms with Gasteiger partial charge in [0.05, 0.1) is 6.10 Å². The van der Waals surface area contributed by atoms with Gasteiger partial charge < -0.3 is 10.4 Å². The summed E-state index contributed by atoms with van der Waals surface area (Å²) in [5.74, 6) is 0. The van der Waals surface area contributed by atoms with Crippen LogP contribution in [0.5, 0.6) is 0 Å². The molecule has 0 spiro atoms. The maximum Gasteiger partial charge on any atom is 0.0564 e. The molecule has 23 heavy (non-hydrogen) atoms. The van der Waals surface area contributed by atoms with Crippen molar-refractivity contribution in [3.63, 3.8) is 0 Å². The molecule has 0 unspecified atom stereocenters. The second-order valence-electron chi connectivity index (χ2n) is 6.32. The van der Waals surface area contributed by atoms with Crippen molar-refractivity contribution < 1.29 is 5.11 Å². The van der Waals surface area contributed by atoms with Gasteiger partial charge in [-0.05, 0) is 43.0 Å². The van der Waals surface area contributed by atoms with E-state index >= 15 is 0 Å². The number of pyridine rings is 1. The van der Waals surface area contributed by atoms with E-state index < -0.39 is 0 Å². The monoisotopic (exact) mass is 311 g/mol. The Hall–Kier alpha value is -1.91. The zero-order valence-corrected chi connectivity index (χ0v) is 13.7. The second-order valence-corrected chi connectivity index (χ2v) is 6.32. The summed E-state index contributed by atoms with van der Waals surface area (Å²) < 4.78 is 0. The van der Waals surface area contributed by atoms with Gasteiger partial charge in [-0.25, -0.2) is 0 Å². The molecule has 1 aliphatic heterocycles. The van der Waals surface area contributed by atoms with Gasteiger partial charge in [-0.3, -0.25) is 9.88 Å². The van der Waals surface area contributed by atoms with Crippen LogP contribution in [0, 0.1) is 6.92 Å². The molecule has 4 nitrogen and oxygen atoms in total. The van der Waals surface area contributed by atoms with Gasteiger partial charge in [0.25, 0.3) is 0 Å². The average Bonchev–Trinajstić information content (AvgIpc) is 2.56. The third-order valence-electron chi connectivity index (χ3n) is 4.45. The van der Waals surface area contributed by atoms with Crippen LogP contribution in [0.1, 0.15) is 29.7 Å². The van der Waals surface area contributed by atoms with Crippen molar-refractivity contribution in [1.82, 2.24) is 9.88 Å². The van der Waals surface area contributed by atoms with Crippen molar-refractivity contribution in [2.45, 2.75) is 39.0 Å². The summed E-state index contributed by atoms with van der Waals surface area (Å²) in [7, 11) is 0. The molecule has 2 aromatic rings. The van der Waals surface area contributed by atoms with Gasteiger partial charge in [-0.1, -0.05) is 24.3 Å². The summed E-state index contributed by atoms with van der Waals surface area (Å²) >= 11 is 0. The minimum atomic E-state index is -0.113. The molecular formula is C19H25N3O. The number of aliphatic hydroxyl groups excluding tert-OH is 1. The van der Waals surface area contributed by atoms with E-state index in [1.54, 1.807) is 0 Å². The molecule has 1 aromatic heterocycles. The number of anilines is 1. The number of nitrogens with one attached hydrogen (secondary N) is 1. The number of piperidine rings is 1. The van der Waals surface area contributed by atoms with Gasteiger partial charge in [0, 0.05) is 43.8 Å². The van der Waals surface area contributed by atoms with Gasteiger partial charge in [0.2, 0.25) is 0 Å². The summed E-state index contributed by atoms with van der Waals surface area (Å²) in [5.41, 5.74) is 4.82. The van der Waals surface area contributed by atoms with Gasteiger partial charge in [-0.15, -0.1) is 0 Å². The van der Waals surface area contributed by atoms with Gasteiger partial charge in [0.1, 0.15) is 0 Å². The van der Waals surface area contributed by atoms with Crippen LogP contribution in [0.2, 0.25) is 0 Å². The maximum atomic E-state index is 9.64. The lowest BCUT2D eigenvalue weighted by molar-refractivity contribution is 0.0791. The average molecular weight is 311 g/mol. The van der Waals surface area contributed by atoms with Crippen LogP contribution in [0.15, 0.2) is 42.6 Å². The Morgan fingerprint density at radius 2 is 1.91 bits per heavy atom. The summed E-state index contributed by atoms with van der Waals surface area (Å²) in [4.78, 5) is 6.66. The highest BCUT2D eigenvalue weighted by Gasteiger charge is 2.17. The number of benzene rings is 1. The van der Waals surface area contributed by atoms with Crippen LogP contribution < -0.4 is 5.32 Å². The fourth-order valence-electron chi connectivity index (χ4n) is 3.06. The van der Waals surface area contributed by atoms with E-state index in [9.17, 15) is 5.11 Å². The number of rotatable bonds is 5. The molecule has 3 rings (SSSR count). The molecule has 0 atom stereocenters. The Bertz CT molecular complexity index is 636. The predicted octanol–water partition coefficient (Wildman–Crippen LogP) is 2.96. The molecule has 0 saturated carbocycles. The van der Waals surface area contributed by atoms with E-state index in [1.807, 2.05) is 19.2 Å². The highest BCUT2D eigenvalue weighted by atomic mass is 16.3. The summed E-state index contributed by atoms with van der Waals surface area (Å²) in [5, 5.41) is 13.1. The molecule has 0 amide bonds. The molecule has 0 radical (unpaired) electrons. The van der Waals surface area contributed by atoms with Crippen molar-refractivity contribution in [3.8, 4) is 0 Å². The van der Waals surface area contributed by atoms with Crippen LogP contribution in [-0.4, -0.2) is 34.2 Å². The summed E-state index contributed by atoms with van der Waals surface area (Å²) in [6, 6.07) is 12.7. The minimum Gasteiger partial charge on any atom is -0.393 e. The number of aryl methyl sites for hydroxylation is 1. The molecule has 0 bridgehead atoms. The Morgan fingerprint density at radius 3 is 2.65 bits per heavy atom. The third kappa shape index (κ3) is 4.53. The third-order valence-corrected chi connectivity index (χ3v) is 4.45. The first-order chi connectivity index (χ1) is 11.2. The molecule has 1 aromatic carbocycles. The number of likely N-dealkylation sites (tertiary alicyclic amines) is 1. The Kier molecular flexibility index (Phi) is 5.26. The number of aliphatic hydroxyl groups is 1. The number of aromatic nitrogens is 1. The Labute approximate surface area is 138 Å². The summed E-state index contributed by atoms with van der Waals surface area (Å²) in [6.07, 6.45) is 3.49. The van der Waals surface area contributed by atoms with Crippen LogP contribution in [-0.2, 0) is 13.1 Å². The van der Waals surface area contributed by atoms with E-state index in [1.165, 1.54) is 11.1 Å².